The molecular weight excluding hydrogens is 186 g/mol. The van der Waals surface area contributed by atoms with Gasteiger partial charge in [-0.3, -0.25) is 0 Å². The summed E-state index contributed by atoms with van der Waals surface area (Å²) < 4.78 is 45.8. The van der Waals surface area contributed by atoms with Gasteiger partial charge in [-0.2, -0.15) is 16.8 Å². The topological polar surface area (TPSA) is 0 Å². The van der Waals surface area contributed by atoms with Crippen LogP contribution in [0.5, 0.6) is 0 Å². The molecule has 0 spiro atoms. The Labute approximate surface area is 60.0 Å². The Morgan fingerprint density at radius 3 is 1.20 bits per heavy atom. The van der Waals surface area contributed by atoms with E-state index in [0.717, 1.165) is 0 Å². The van der Waals surface area contributed by atoms with Crippen molar-refractivity contribution in [1.82, 2.24) is 0 Å². The van der Waals surface area contributed by atoms with Crippen LogP contribution in [0.4, 0.5) is 16.8 Å². The van der Waals surface area contributed by atoms with Crippen LogP contribution in [0.3, 0.4) is 0 Å². The lowest BCUT2D eigenvalue weighted by Gasteiger charge is -1.96. The molecule has 0 nitrogen and oxygen atoms in total. The molecule has 0 unspecified atom stereocenters. The molecule has 0 saturated heterocycles. The molecule has 0 radical (unpaired) electrons. The minimum Gasteiger partial charge on any atom is -0.189 e. The molecule has 0 aromatic carbocycles. The molecule has 0 saturated carbocycles. The second-order valence-corrected chi connectivity index (χ2v) is 3.87. The van der Waals surface area contributed by atoms with Crippen molar-refractivity contribution in [2.75, 3.05) is 12.3 Å². The van der Waals surface area contributed by atoms with Crippen molar-refractivity contribution in [2.24, 2.45) is 0 Å². The fraction of sp³-hybridized carbons (Fsp3) is 1.00. The van der Waals surface area contributed by atoms with Gasteiger partial charge in [0.05, 0.1) is 0 Å². The van der Waals surface area contributed by atoms with Crippen molar-refractivity contribution in [3.05, 3.63) is 0 Å². The van der Waals surface area contributed by atoms with Gasteiger partial charge in [0.1, 0.15) is 0 Å². The Morgan fingerprint density at radius 2 is 1.00 bits per heavy atom. The van der Waals surface area contributed by atoms with E-state index < -0.39 is 17.1 Å². The molecule has 0 aliphatic rings. The summed E-state index contributed by atoms with van der Waals surface area (Å²) >= 11 is 0. The molecule has 62 valence electrons. The Morgan fingerprint density at radius 1 is 0.700 bits per heavy atom. The second kappa shape index (κ2) is 6.30. The van der Waals surface area contributed by atoms with Gasteiger partial charge in [-0.25, -0.2) is 0 Å². The summed E-state index contributed by atoms with van der Waals surface area (Å²) in [5.41, 5.74) is 0. The van der Waals surface area contributed by atoms with E-state index in [2.05, 4.69) is 0 Å². The average molecular weight is 194 g/mol. The molecule has 0 rings (SSSR count). The van der Waals surface area contributed by atoms with Gasteiger partial charge in [0.2, 0.25) is 0 Å². The predicted molar refractivity (Wildman–Crippen MR) is 37.2 cm³/mol. The van der Waals surface area contributed by atoms with Crippen molar-refractivity contribution < 1.29 is 16.8 Å². The third-order valence-corrected chi connectivity index (χ3v) is 2.21. The summed E-state index contributed by atoms with van der Waals surface area (Å²) in [7, 11) is -5.74. The fourth-order valence-electron chi connectivity index (χ4n) is 0.463. The van der Waals surface area contributed by atoms with E-state index in [1.807, 2.05) is 0 Å². The summed E-state index contributed by atoms with van der Waals surface area (Å²) in [6, 6.07) is 0. The monoisotopic (exact) mass is 194 g/mol. The number of hydrogen-bond acceptors (Lipinski definition) is 0. The SMILES string of the molecule is FP(F)CCCCP(F)F. The molecule has 0 amide bonds. The number of hydrogen-bond donors (Lipinski definition) is 0. The van der Waals surface area contributed by atoms with Crippen LogP contribution in [0.25, 0.3) is 0 Å². The van der Waals surface area contributed by atoms with E-state index >= 15 is 0 Å². The van der Waals surface area contributed by atoms with Gasteiger partial charge in [-0.05, 0) is 12.8 Å². The Kier molecular flexibility index (Phi) is 6.67. The summed E-state index contributed by atoms with van der Waals surface area (Å²) in [5, 5.41) is 0. The van der Waals surface area contributed by atoms with Gasteiger partial charge >= 0.3 is 0 Å². The molecule has 6 heteroatoms. The minimum absolute atomic E-state index is 0.182. The van der Waals surface area contributed by atoms with E-state index in [0.29, 0.717) is 0 Å². The number of unbranched alkanes of at least 4 members (excludes halogenated alkanes) is 1. The zero-order chi connectivity index (χ0) is 7.98. The van der Waals surface area contributed by atoms with Crippen LogP contribution in [0.15, 0.2) is 0 Å². The van der Waals surface area contributed by atoms with Crippen LogP contribution in [0.1, 0.15) is 12.8 Å². The second-order valence-electron chi connectivity index (χ2n) is 1.76. The van der Waals surface area contributed by atoms with Crippen LogP contribution in [-0.2, 0) is 0 Å². The molecule has 0 bridgehead atoms. The summed E-state index contributed by atoms with van der Waals surface area (Å²) in [6.07, 6.45) is 0.119. The first-order valence-electron chi connectivity index (χ1n) is 2.81. The Balaban J connectivity index is 2.91. The van der Waals surface area contributed by atoms with Crippen LogP contribution in [0.2, 0.25) is 0 Å². The standard InChI is InChI=1S/C4H8F4P2/c5-9(6)3-1-2-4-10(7)8/h1-4H2. The molecule has 0 fully saturated rings. The van der Waals surface area contributed by atoms with Crippen molar-refractivity contribution in [1.29, 1.82) is 0 Å². The van der Waals surface area contributed by atoms with Crippen LogP contribution < -0.4 is 0 Å². The quantitative estimate of drug-likeness (QED) is 0.348. The van der Waals surface area contributed by atoms with Gasteiger partial charge in [0, 0.05) is 12.3 Å². The van der Waals surface area contributed by atoms with Crippen molar-refractivity contribution in [3.63, 3.8) is 0 Å². The zero-order valence-electron chi connectivity index (χ0n) is 5.23. The summed E-state index contributed by atoms with van der Waals surface area (Å²) in [4.78, 5) is 0. The molecule has 0 aliphatic heterocycles. The van der Waals surface area contributed by atoms with Crippen LogP contribution >= 0.6 is 17.1 Å². The lowest BCUT2D eigenvalue weighted by Crippen LogP contribution is -1.81. The molecule has 0 aromatic heterocycles. The largest absolute Gasteiger partial charge is 0.266 e. The highest BCUT2D eigenvalue weighted by Gasteiger charge is 2.06. The molecule has 10 heavy (non-hydrogen) atoms. The molecular formula is C4H8F4P2. The Hall–Kier alpha value is 0.580. The highest BCUT2D eigenvalue weighted by Crippen LogP contribution is 2.42. The molecule has 0 heterocycles. The Bertz CT molecular complexity index is 67.7. The minimum atomic E-state index is -2.87. The first kappa shape index (κ1) is 10.6. The maximum atomic E-state index is 11.4. The predicted octanol–water partition coefficient (Wildman–Crippen LogP) is 4.27. The third kappa shape index (κ3) is 8.58. The van der Waals surface area contributed by atoms with E-state index in [9.17, 15) is 16.8 Å². The lowest BCUT2D eigenvalue weighted by molar-refractivity contribution is 0.705. The average Bonchev–Trinajstić information content (AvgIpc) is 1.79. The summed E-state index contributed by atoms with van der Waals surface area (Å²) in [6.45, 7) is 0. The van der Waals surface area contributed by atoms with E-state index in [1.54, 1.807) is 0 Å². The normalized spacial score (nSPS) is 11.4. The van der Waals surface area contributed by atoms with Gasteiger partial charge in [-0.15, -0.1) is 0 Å². The first-order chi connectivity index (χ1) is 4.63. The smallest absolute Gasteiger partial charge is 0.189 e. The molecule has 0 aromatic rings. The molecule has 0 atom stereocenters. The molecule has 0 aliphatic carbocycles. The number of rotatable bonds is 5. The fourth-order valence-corrected chi connectivity index (χ4v) is 1.39. The first-order valence-corrected chi connectivity index (χ1v) is 5.43. The maximum absolute atomic E-state index is 11.4. The summed E-state index contributed by atoms with van der Waals surface area (Å²) in [5.74, 6) is 0. The zero-order valence-corrected chi connectivity index (χ0v) is 7.02. The van der Waals surface area contributed by atoms with Crippen molar-refractivity contribution in [3.8, 4) is 0 Å². The highest BCUT2D eigenvalue weighted by molar-refractivity contribution is 7.46. The maximum Gasteiger partial charge on any atom is 0.266 e. The van der Waals surface area contributed by atoms with E-state index in [4.69, 9.17) is 0 Å². The van der Waals surface area contributed by atoms with E-state index in [-0.39, 0.29) is 25.2 Å². The van der Waals surface area contributed by atoms with Crippen LogP contribution in [0, 0.1) is 0 Å². The van der Waals surface area contributed by atoms with Gasteiger partial charge in [0.15, 0.2) is 0 Å². The van der Waals surface area contributed by atoms with Crippen LogP contribution in [-0.4, -0.2) is 12.3 Å². The van der Waals surface area contributed by atoms with Gasteiger partial charge in [-0.1, -0.05) is 0 Å². The third-order valence-electron chi connectivity index (χ3n) is 0.904. The number of halogens is 4. The highest BCUT2D eigenvalue weighted by atomic mass is 31.2. The van der Waals surface area contributed by atoms with E-state index in [1.165, 1.54) is 0 Å². The van der Waals surface area contributed by atoms with Gasteiger partial charge in [0.25, 0.3) is 17.1 Å². The lowest BCUT2D eigenvalue weighted by atomic mass is 10.4. The van der Waals surface area contributed by atoms with Crippen molar-refractivity contribution >= 4 is 17.1 Å². The van der Waals surface area contributed by atoms with Crippen molar-refractivity contribution in [2.45, 2.75) is 12.8 Å². The molecule has 0 N–H and O–H groups in total. The van der Waals surface area contributed by atoms with Gasteiger partial charge < -0.3 is 0 Å².